The summed E-state index contributed by atoms with van der Waals surface area (Å²) in [4.78, 5) is 26.9. The standard InChI is InChI=1S/C23H20N2O4/c1-15-20(12-16-4-8-18(28-2)9-5-16)22(26)25(23(27)21(15)13-24)14-17-6-10-19(29-3)11-7-17/h4-12H,14H2,1-3H3/b20-12+. The molecule has 0 bridgehead atoms. The number of benzene rings is 2. The van der Waals surface area contributed by atoms with Crippen LogP contribution in [0.2, 0.25) is 0 Å². The fraction of sp³-hybridized carbons (Fsp3) is 0.174. The summed E-state index contributed by atoms with van der Waals surface area (Å²) in [6, 6.07) is 16.2. The summed E-state index contributed by atoms with van der Waals surface area (Å²) in [7, 11) is 3.14. The highest BCUT2D eigenvalue weighted by Crippen LogP contribution is 2.28. The smallest absolute Gasteiger partial charge is 0.271 e. The molecular formula is C23H20N2O4. The van der Waals surface area contributed by atoms with Crippen molar-refractivity contribution in [3.63, 3.8) is 0 Å². The van der Waals surface area contributed by atoms with Gasteiger partial charge < -0.3 is 9.47 Å². The van der Waals surface area contributed by atoms with Crippen molar-refractivity contribution in [2.75, 3.05) is 14.2 Å². The number of imide groups is 1. The van der Waals surface area contributed by atoms with Crippen molar-refractivity contribution in [3.05, 3.63) is 76.4 Å². The van der Waals surface area contributed by atoms with Crippen LogP contribution in [-0.2, 0) is 16.1 Å². The molecule has 1 aliphatic heterocycles. The van der Waals surface area contributed by atoms with Gasteiger partial charge in [-0.25, -0.2) is 0 Å². The minimum Gasteiger partial charge on any atom is -0.497 e. The van der Waals surface area contributed by atoms with E-state index in [2.05, 4.69) is 0 Å². The van der Waals surface area contributed by atoms with Crippen LogP contribution in [0.25, 0.3) is 6.08 Å². The van der Waals surface area contributed by atoms with Gasteiger partial charge in [-0.05, 0) is 54.0 Å². The monoisotopic (exact) mass is 388 g/mol. The zero-order valence-corrected chi connectivity index (χ0v) is 16.4. The van der Waals surface area contributed by atoms with Crippen LogP contribution < -0.4 is 9.47 Å². The molecule has 29 heavy (non-hydrogen) atoms. The summed E-state index contributed by atoms with van der Waals surface area (Å²) in [5, 5.41) is 9.50. The number of hydrogen-bond donors (Lipinski definition) is 0. The zero-order valence-electron chi connectivity index (χ0n) is 16.4. The molecule has 1 heterocycles. The molecule has 3 rings (SSSR count). The first-order chi connectivity index (χ1) is 14.0. The van der Waals surface area contributed by atoms with Crippen LogP contribution >= 0.6 is 0 Å². The van der Waals surface area contributed by atoms with Crippen LogP contribution in [0.15, 0.2) is 65.3 Å². The Balaban J connectivity index is 1.98. The number of hydrogen-bond acceptors (Lipinski definition) is 5. The fourth-order valence-corrected chi connectivity index (χ4v) is 3.05. The van der Waals surface area contributed by atoms with Gasteiger partial charge >= 0.3 is 0 Å². The molecule has 6 nitrogen and oxygen atoms in total. The average Bonchev–Trinajstić information content (AvgIpc) is 2.75. The third-order valence-electron chi connectivity index (χ3n) is 4.75. The van der Waals surface area contributed by atoms with E-state index in [1.165, 1.54) is 0 Å². The third-order valence-corrected chi connectivity index (χ3v) is 4.75. The van der Waals surface area contributed by atoms with E-state index >= 15 is 0 Å². The molecule has 0 unspecified atom stereocenters. The number of methoxy groups -OCH3 is 2. The maximum Gasteiger partial charge on any atom is 0.271 e. The molecule has 0 N–H and O–H groups in total. The highest BCUT2D eigenvalue weighted by molar-refractivity contribution is 6.19. The Bertz CT molecular complexity index is 1040. The second-order valence-electron chi connectivity index (χ2n) is 6.49. The molecule has 0 spiro atoms. The quantitative estimate of drug-likeness (QED) is 0.579. The minimum atomic E-state index is -0.585. The lowest BCUT2D eigenvalue weighted by Gasteiger charge is -2.27. The van der Waals surface area contributed by atoms with Crippen molar-refractivity contribution in [2.24, 2.45) is 0 Å². The van der Waals surface area contributed by atoms with E-state index < -0.39 is 11.8 Å². The summed E-state index contributed by atoms with van der Waals surface area (Å²) in [5.41, 5.74) is 2.19. The number of carbonyl (C=O) groups excluding carboxylic acids is 2. The van der Waals surface area contributed by atoms with Crippen molar-refractivity contribution in [3.8, 4) is 17.6 Å². The Labute approximate surface area is 169 Å². The number of amides is 2. The van der Waals surface area contributed by atoms with E-state index in [0.717, 1.165) is 16.0 Å². The average molecular weight is 388 g/mol. The first-order valence-electron chi connectivity index (χ1n) is 8.94. The summed E-state index contributed by atoms with van der Waals surface area (Å²) < 4.78 is 10.3. The molecule has 1 aliphatic rings. The van der Waals surface area contributed by atoms with Gasteiger partial charge in [-0.3, -0.25) is 14.5 Å². The van der Waals surface area contributed by atoms with Crippen molar-refractivity contribution in [1.29, 1.82) is 5.26 Å². The maximum absolute atomic E-state index is 13.1. The topological polar surface area (TPSA) is 79.6 Å². The van der Waals surface area contributed by atoms with Crippen molar-refractivity contribution in [2.45, 2.75) is 13.5 Å². The third kappa shape index (κ3) is 4.04. The predicted octanol–water partition coefficient (Wildman–Crippen LogP) is 3.50. The Kier molecular flexibility index (Phi) is 5.79. The molecule has 0 atom stereocenters. The van der Waals surface area contributed by atoms with E-state index in [9.17, 15) is 14.9 Å². The molecular weight excluding hydrogens is 368 g/mol. The van der Waals surface area contributed by atoms with E-state index in [4.69, 9.17) is 9.47 Å². The Morgan fingerprint density at radius 3 is 2.00 bits per heavy atom. The first-order valence-corrected chi connectivity index (χ1v) is 8.94. The molecule has 0 radical (unpaired) electrons. The van der Waals surface area contributed by atoms with Crippen LogP contribution in [0.5, 0.6) is 11.5 Å². The number of nitriles is 1. The number of nitrogens with zero attached hydrogens (tertiary/aromatic N) is 2. The van der Waals surface area contributed by atoms with E-state index in [1.54, 1.807) is 63.6 Å². The van der Waals surface area contributed by atoms with Gasteiger partial charge in [0.05, 0.1) is 20.8 Å². The molecule has 0 fully saturated rings. The zero-order chi connectivity index (χ0) is 21.0. The van der Waals surface area contributed by atoms with Gasteiger partial charge in [-0.1, -0.05) is 24.3 Å². The Morgan fingerprint density at radius 2 is 1.48 bits per heavy atom. The lowest BCUT2D eigenvalue weighted by atomic mass is 9.93. The largest absolute Gasteiger partial charge is 0.497 e. The lowest BCUT2D eigenvalue weighted by molar-refractivity contribution is -0.141. The van der Waals surface area contributed by atoms with Gasteiger partial charge in [0, 0.05) is 5.57 Å². The second kappa shape index (κ2) is 8.44. The van der Waals surface area contributed by atoms with Gasteiger partial charge in [-0.2, -0.15) is 5.26 Å². The van der Waals surface area contributed by atoms with Crippen LogP contribution in [0.4, 0.5) is 0 Å². The molecule has 0 saturated carbocycles. The summed E-state index contributed by atoms with van der Waals surface area (Å²) in [6.45, 7) is 1.69. The highest BCUT2D eigenvalue weighted by atomic mass is 16.5. The molecule has 6 heteroatoms. The van der Waals surface area contributed by atoms with Crippen LogP contribution in [0.1, 0.15) is 18.1 Å². The van der Waals surface area contributed by atoms with Gasteiger partial charge in [-0.15, -0.1) is 0 Å². The minimum absolute atomic E-state index is 0.0297. The van der Waals surface area contributed by atoms with Gasteiger partial charge in [0.2, 0.25) is 0 Å². The Morgan fingerprint density at radius 1 is 0.931 bits per heavy atom. The predicted molar refractivity (Wildman–Crippen MR) is 108 cm³/mol. The summed E-state index contributed by atoms with van der Waals surface area (Å²) in [5.74, 6) is 0.359. The summed E-state index contributed by atoms with van der Waals surface area (Å²) >= 11 is 0. The molecule has 0 aromatic heterocycles. The molecule has 2 aromatic carbocycles. The normalized spacial score (nSPS) is 15.5. The first kappa shape index (κ1) is 19.9. The van der Waals surface area contributed by atoms with Crippen molar-refractivity contribution >= 4 is 17.9 Å². The highest BCUT2D eigenvalue weighted by Gasteiger charge is 2.35. The molecule has 0 saturated heterocycles. The molecule has 146 valence electrons. The van der Waals surface area contributed by atoms with Gasteiger partial charge in [0.15, 0.2) is 0 Å². The lowest BCUT2D eigenvalue weighted by Crippen LogP contribution is -2.42. The maximum atomic E-state index is 13.1. The Hall–Kier alpha value is -3.85. The van der Waals surface area contributed by atoms with Crippen LogP contribution in [-0.4, -0.2) is 30.9 Å². The molecule has 0 aliphatic carbocycles. The number of carbonyl (C=O) groups is 2. The summed E-state index contributed by atoms with van der Waals surface area (Å²) in [6.07, 6.45) is 1.68. The van der Waals surface area contributed by atoms with Gasteiger partial charge in [0.25, 0.3) is 11.8 Å². The SMILES string of the molecule is COc1ccc(/C=C2/C(=O)N(Cc3ccc(OC)cc3)C(=O)C(C#N)=C2C)cc1. The number of rotatable bonds is 5. The molecule has 2 aromatic rings. The van der Waals surface area contributed by atoms with E-state index in [-0.39, 0.29) is 12.1 Å². The fourth-order valence-electron chi connectivity index (χ4n) is 3.05. The van der Waals surface area contributed by atoms with E-state index in [0.29, 0.717) is 22.6 Å². The van der Waals surface area contributed by atoms with Crippen molar-refractivity contribution < 1.29 is 19.1 Å². The second-order valence-corrected chi connectivity index (χ2v) is 6.49. The van der Waals surface area contributed by atoms with Gasteiger partial charge in [0.1, 0.15) is 23.1 Å². The molecule has 2 amide bonds. The van der Waals surface area contributed by atoms with E-state index in [1.807, 2.05) is 18.2 Å². The van der Waals surface area contributed by atoms with Crippen LogP contribution in [0.3, 0.4) is 0 Å². The van der Waals surface area contributed by atoms with Crippen molar-refractivity contribution in [1.82, 2.24) is 4.90 Å². The number of ether oxygens (including phenoxy) is 2. The van der Waals surface area contributed by atoms with Crippen LogP contribution in [0, 0.1) is 11.3 Å².